The molecule has 0 heterocycles. The van der Waals surface area contributed by atoms with E-state index >= 15 is 0 Å². The maximum absolute atomic E-state index is 12.5. The van der Waals surface area contributed by atoms with Gasteiger partial charge in [0.25, 0.3) is 11.8 Å². The Hall–Kier alpha value is -3.35. The molecular formula is C20H21N3O4. The van der Waals surface area contributed by atoms with Crippen molar-refractivity contribution in [3.05, 3.63) is 59.7 Å². The molecule has 2 aromatic carbocycles. The molecule has 2 aromatic rings. The van der Waals surface area contributed by atoms with E-state index in [0.717, 1.165) is 12.8 Å². The molecule has 1 aliphatic carbocycles. The zero-order chi connectivity index (χ0) is 19.2. The minimum Gasteiger partial charge on any atom is -0.450 e. The summed E-state index contributed by atoms with van der Waals surface area (Å²) < 4.78 is 4.80. The van der Waals surface area contributed by atoms with Crippen LogP contribution in [0.5, 0.6) is 0 Å². The Morgan fingerprint density at radius 3 is 2.33 bits per heavy atom. The van der Waals surface area contributed by atoms with Gasteiger partial charge in [0.05, 0.1) is 17.9 Å². The lowest BCUT2D eigenvalue weighted by Gasteiger charge is -2.11. The van der Waals surface area contributed by atoms with Crippen molar-refractivity contribution in [1.82, 2.24) is 5.32 Å². The van der Waals surface area contributed by atoms with Crippen LogP contribution in [0.4, 0.5) is 16.2 Å². The summed E-state index contributed by atoms with van der Waals surface area (Å²) in [6.45, 7) is 2.00. The lowest BCUT2D eigenvalue weighted by atomic mass is 10.1. The van der Waals surface area contributed by atoms with E-state index in [9.17, 15) is 14.4 Å². The summed E-state index contributed by atoms with van der Waals surface area (Å²) in [7, 11) is 0. The number of amides is 3. The van der Waals surface area contributed by atoms with E-state index in [0.29, 0.717) is 22.5 Å². The summed E-state index contributed by atoms with van der Waals surface area (Å²) in [5.74, 6) is -0.535. The van der Waals surface area contributed by atoms with Gasteiger partial charge in [0.15, 0.2) is 0 Å². The number of benzene rings is 2. The molecule has 1 saturated carbocycles. The van der Waals surface area contributed by atoms with Crippen molar-refractivity contribution in [2.24, 2.45) is 0 Å². The number of para-hydroxylation sites is 1. The molecule has 3 rings (SSSR count). The van der Waals surface area contributed by atoms with E-state index in [1.165, 1.54) is 0 Å². The average molecular weight is 367 g/mol. The Morgan fingerprint density at radius 2 is 1.67 bits per heavy atom. The molecule has 3 amide bonds. The first-order chi connectivity index (χ1) is 13.1. The number of hydrogen-bond donors (Lipinski definition) is 3. The Kier molecular flexibility index (Phi) is 5.71. The van der Waals surface area contributed by atoms with Crippen LogP contribution in [0.1, 0.15) is 40.5 Å². The van der Waals surface area contributed by atoms with Crippen LogP contribution in [0.15, 0.2) is 48.5 Å². The predicted octanol–water partition coefficient (Wildman–Crippen LogP) is 3.40. The first-order valence-corrected chi connectivity index (χ1v) is 8.82. The van der Waals surface area contributed by atoms with E-state index in [-0.39, 0.29) is 24.5 Å². The van der Waals surface area contributed by atoms with Gasteiger partial charge >= 0.3 is 6.09 Å². The summed E-state index contributed by atoms with van der Waals surface area (Å²) in [6, 6.07) is 13.5. The van der Waals surface area contributed by atoms with E-state index in [2.05, 4.69) is 16.0 Å². The number of hydrogen-bond acceptors (Lipinski definition) is 4. The summed E-state index contributed by atoms with van der Waals surface area (Å²) in [6.07, 6.45) is 1.43. The van der Waals surface area contributed by atoms with E-state index in [4.69, 9.17) is 4.74 Å². The fourth-order valence-electron chi connectivity index (χ4n) is 2.47. The maximum Gasteiger partial charge on any atom is 0.411 e. The standard InChI is InChI=1S/C20H21N3O4/c1-2-27-20(26)22-15-9-7-13(8-10-15)18(24)23-17-6-4-3-5-16(17)19(25)21-14-11-12-14/h3-10,14H,2,11-12H2,1H3,(H,21,25)(H,22,26)(H,23,24). The van der Waals surface area contributed by atoms with Gasteiger partial charge in [-0.25, -0.2) is 4.79 Å². The fraction of sp³-hybridized carbons (Fsp3) is 0.250. The molecule has 0 aromatic heterocycles. The molecule has 1 aliphatic rings. The molecule has 140 valence electrons. The van der Waals surface area contributed by atoms with Gasteiger partial charge in [-0.3, -0.25) is 14.9 Å². The number of carbonyl (C=O) groups excluding carboxylic acids is 3. The minimum absolute atomic E-state index is 0.192. The Balaban J connectivity index is 1.66. The number of nitrogens with one attached hydrogen (secondary N) is 3. The highest BCUT2D eigenvalue weighted by molar-refractivity contribution is 6.09. The molecule has 0 aliphatic heterocycles. The first kappa shape index (κ1) is 18.4. The molecule has 0 saturated heterocycles. The van der Waals surface area contributed by atoms with Gasteiger partial charge in [-0.15, -0.1) is 0 Å². The lowest BCUT2D eigenvalue weighted by molar-refractivity contribution is 0.0952. The summed E-state index contributed by atoms with van der Waals surface area (Å²) in [4.78, 5) is 36.2. The highest BCUT2D eigenvalue weighted by Gasteiger charge is 2.25. The second-order valence-corrected chi connectivity index (χ2v) is 6.17. The topological polar surface area (TPSA) is 96.5 Å². The third-order valence-electron chi connectivity index (χ3n) is 4.00. The zero-order valence-electron chi connectivity index (χ0n) is 15.0. The average Bonchev–Trinajstić information content (AvgIpc) is 3.47. The number of ether oxygens (including phenoxy) is 1. The first-order valence-electron chi connectivity index (χ1n) is 8.82. The molecule has 1 fully saturated rings. The largest absolute Gasteiger partial charge is 0.450 e. The molecule has 7 heteroatoms. The second kappa shape index (κ2) is 8.35. The molecule has 0 radical (unpaired) electrons. The molecule has 0 atom stereocenters. The van der Waals surface area contributed by atoms with Crippen LogP contribution in [0.25, 0.3) is 0 Å². The summed E-state index contributed by atoms with van der Waals surface area (Å²) in [5.41, 5.74) is 1.81. The lowest BCUT2D eigenvalue weighted by Crippen LogP contribution is -2.27. The second-order valence-electron chi connectivity index (χ2n) is 6.17. The Bertz CT molecular complexity index is 845. The molecular weight excluding hydrogens is 346 g/mol. The van der Waals surface area contributed by atoms with Gasteiger partial charge in [0.2, 0.25) is 0 Å². The van der Waals surface area contributed by atoms with Crippen LogP contribution in [0, 0.1) is 0 Å². The minimum atomic E-state index is -0.551. The van der Waals surface area contributed by atoms with Crippen LogP contribution in [0.2, 0.25) is 0 Å². The number of rotatable bonds is 6. The van der Waals surface area contributed by atoms with Gasteiger partial charge < -0.3 is 15.4 Å². The molecule has 27 heavy (non-hydrogen) atoms. The Labute approximate surface area is 157 Å². The third kappa shape index (κ3) is 5.07. The van der Waals surface area contributed by atoms with Crippen molar-refractivity contribution >= 4 is 29.3 Å². The van der Waals surface area contributed by atoms with Gasteiger partial charge in [-0.1, -0.05) is 12.1 Å². The van der Waals surface area contributed by atoms with Gasteiger partial charge in [-0.05, 0) is 56.2 Å². The highest BCUT2D eigenvalue weighted by Crippen LogP contribution is 2.22. The molecule has 3 N–H and O–H groups in total. The van der Waals surface area contributed by atoms with Crippen molar-refractivity contribution in [2.45, 2.75) is 25.8 Å². The van der Waals surface area contributed by atoms with E-state index in [1.807, 2.05) is 0 Å². The summed E-state index contributed by atoms with van der Waals surface area (Å²) in [5, 5.41) is 8.25. The normalized spacial score (nSPS) is 12.8. The molecule has 0 bridgehead atoms. The molecule has 7 nitrogen and oxygen atoms in total. The van der Waals surface area contributed by atoms with Crippen molar-refractivity contribution in [1.29, 1.82) is 0 Å². The molecule has 0 unspecified atom stereocenters. The predicted molar refractivity (Wildman–Crippen MR) is 102 cm³/mol. The highest BCUT2D eigenvalue weighted by atomic mass is 16.5. The van der Waals surface area contributed by atoms with E-state index < -0.39 is 6.09 Å². The van der Waals surface area contributed by atoms with Gasteiger partial charge in [0, 0.05) is 17.3 Å². The smallest absolute Gasteiger partial charge is 0.411 e. The third-order valence-corrected chi connectivity index (χ3v) is 4.00. The van der Waals surface area contributed by atoms with Crippen LogP contribution < -0.4 is 16.0 Å². The van der Waals surface area contributed by atoms with Crippen molar-refractivity contribution in [3.63, 3.8) is 0 Å². The number of anilines is 2. The fourth-order valence-corrected chi connectivity index (χ4v) is 2.47. The number of carbonyl (C=O) groups is 3. The van der Waals surface area contributed by atoms with Crippen molar-refractivity contribution in [3.8, 4) is 0 Å². The Morgan fingerprint density at radius 1 is 0.963 bits per heavy atom. The summed E-state index contributed by atoms with van der Waals surface area (Å²) >= 11 is 0. The zero-order valence-corrected chi connectivity index (χ0v) is 15.0. The van der Waals surface area contributed by atoms with Crippen molar-refractivity contribution in [2.75, 3.05) is 17.2 Å². The van der Waals surface area contributed by atoms with Crippen molar-refractivity contribution < 1.29 is 19.1 Å². The van der Waals surface area contributed by atoms with Crippen LogP contribution in [-0.4, -0.2) is 30.6 Å². The van der Waals surface area contributed by atoms with Crippen LogP contribution in [-0.2, 0) is 4.74 Å². The van der Waals surface area contributed by atoms with Gasteiger partial charge in [-0.2, -0.15) is 0 Å². The van der Waals surface area contributed by atoms with Gasteiger partial charge in [0.1, 0.15) is 0 Å². The maximum atomic E-state index is 12.5. The SMILES string of the molecule is CCOC(=O)Nc1ccc(C(=O)Nc2ccccc2C(=O)NC2CC2)cc1. The monoisotopic (exact) mass is 367 g/mol. The molecule has 0 spiro atoms. The quantitative estimate of drug-likeness (QED) is 0.729. The van der Waals surface area contributed by atoms with E-state index in [1.54, 1.807) is 55.5 Å². The van der Waals surface area contributed by atoms with Crippen LogP contribution in [0.3, 0.4) is 0 Å². The van der Waals surface area contributed by atoms with Crippen LogP contribution >= 0.6 is 0 Å².